The van der Waals surface area contributed by atoms with Crippen molar-refractivity contribution in [2.24, 2.45) is 0 Å². The minimum atomic E-state index is 0.0118. The lowest BCUT2D eigenvalue weighted by Gasteiger charge is -2.07. The third kappa shape index (κ3) is 3.14. The van der Waals surface area contributed by atoms with Crippen molar-refractivity contribution in [2.45, 2.75) is 11.3 Å². The number of ether oxygens (including phenoxy) is 1. The van der Waals surface area contributed by atoms with Crippen LogP contribution in [0.5, 0.6) is 5.75 Å². The third-order valence-corrected chi connectivity index (χ3v) is 4.10. The lowest BCUT2D eigenvalue weighted by molar-refractivity contribution is -0.113. The number of thioether (sulfide) groups is 1. The Labute approximate surface area is 122 Å². The number of amides is 1. The van der Waals surface area contributed by atoms with Gasteiger partial charge >= 0.3 is 0 Å². The van der Waals surface area contributed by atoms with Crippen LogP contribution in [0.1, 0.15) is 5.56 Å². The minimum absolute atomic E-state index is 0.0118. The fraction of sp³-hybridized carbons (Fsp3) is 0.188. The molecule has 20 heavy (non-hydrogen) atoms. The van der Waals surface area contributed by atoms with E-state index in [0.29, 0.717) is 5.75 Å². The normalized spacial score (nSPS) is 12.6. The maximum Gasteiger partial charge on any atom is 0.234 e. The Kier molecular flexibility index (Phi) is 3.92. The summed E-state index contributed by atoms with van der Waals surface area (Å²) in [6, 6.07) is 15.7. The predicted molar refractivity (Wildman–Crippen MR) is 81.4 cm³/mol. The van der Waals surface area contributed by atoms with Crippen LogP contribution in [0.25, 0.3) is 0 Å². The van der Waals surface area contributed by atoms with Gasteiger partial charge in [-0.25, -0.2) is 0 Å². The molecule has 0 aromatic heterocycles. The van der Waals surface area contributed by atoms with Crippen LogP contribution in [-0.4, -0.2) is 18.3 Å². The second-order valence-electron chi connectivity index (χ2n) is 4.57. The summed E-state index contributed by atoms with van der Waals surface area (Å²) >= 11 is 1.54. The van der Waals surface area contributed by atoms with Crippen molar-refractivity contribution >= 4 is 23.4 Å². The monoisotopic (exact) mass is 285 g/mol. The molecule has 0 unspecified atom stereocenters. The molecule has 4 heteroatoms. The van der Waals surface area contributed by atoms with Gasteiger partial charge in [-0.3, -0.25) is 4.79 Å². The van der Waals surface area contributed by atoms with Gasteiger partial charge in [0.2, 0.25) is 5.91 Å². The molecule has 0 spiro atoms. The Balaban J connectivity index is 1.56. The first-order chi connectivity index (χ1) is 9.81. The highest BCUT2D eigenvalue weighted by Crippen LogP contribution is 2.28. The molecule has 3 rings (SSSR count). The van der Waals surface area contributed by atoms with Crippen LogP contribution < -0.4 is 10.1 Å². The van der Waals surface area contributed by atoms with Gasteiger partial charge in [0.15, 0.2) is 0 Å². The summed E-state index contributed by atoms with van der Waals surface area (Å²) in [7, 11) is 0. The van der Waals surface area contributed by atoms with Gasteiger partial charge < -0.3 is 10.1 Å². The zero-order chi connectivity index (χ0) is 13.8. The number of hydrogen-bond acceptors (Lipinski definition) is 3. The number of fused-ring (bicyclic) bond motifs is 1. The van der Waals surface area contributed by atoms with Gasteiger partial charge in [-0.05, 0) is 35.9 Å². The Morgan fingerprint density at radius 3 is 2.90 bits per heavy atom. The number of carbonyl (C=O) groups excluding carboxylic acids is 1. The molecule has 1 N–H and O–H groups in total. The molecule has 0 saturated heterocycles. The van der Waals surface area contributed by atoms with E-state index in [4.69, 9.17) is 4.74 Å². The van der Waals surface area contributed by atoms with E-state index < -0.39 is 0 Å². The van der Waals surface area contributed by atoms with E-state index in [0.717, 1.165) is 29.4 Å². The van der Waals surface area contributed by atoms with Crippen molar-refractivity contribution in [3.8, 4) is 5.75 Å². The molecule has 0 bridgehead atoms. The van der Waals surface area contributed by atoms with E-state index in [9.17, 15) is 4.79 Å². The molecule has 0 aliphatic carbocycles. The van der Waals surface area contributed by atoms with E-state index in [2.05, 4.69) is 5.32 Å². The number of benzene rings is 2. The first-order valence-corrected chi connectivity index (χ1v) is 7.53. The average Bonchev–Trinajstić information content (AvgIpc) is 2.94. The van der Waals surface area contributed by atoms with E-state index in [1.807, 2.05) is 48.5 Å². The van der Waals surface area contributed by atoms with Gasteiger partial charge in [-0.15, -0.1) is 11.8 Å². The standard InChI is InChI=1S/C16H15NO2S/c18-16(11-20-14-4-2-1-3-5-14)17-13-6-7-15-12(10-13)8-9-19-15/h1-7,10H,8-9,11H2,(H,17,18). The molecule has 2 aromatic carbocycles. The van der Waals surface area contributed by atoms with Gasteiger partial charge in [-0.1, -0.05) is 18.2 Å². The van der Waals surface area contributed by atoms with Crippen LogP contribution in [0.2, 0.25) is 0 Å². The zero-order valence-electron chi connectivity index (χ0n) is 11.0. The van der Waals surface area contributed by atoms with Crippen molar-refractivity contribution in [3.63, 3.8) is 0 Å². The molecule has 102 valence electrons. The predicted octanol–water partition coefficient (Wildman–Crippen LogP) is 3.35. The SMILES string of the molecule is O=C(CSc1ccccc1)Nc1ccc2c(c1)CCO2. The first kappa shape index (κ1) is 13.1. The Morgan fingerprint density at radius 1 is 1.20 bits per heavy atom. The summed E-state index contributed by atoms with van der Waals surface area (Å²) in [4.78, 5) is 13.0. The number of nitrogens with one attached hydrogen (secondary N) is 1. The second kappa shape index (κ2) is 6.01. The Hall–Kier alpha value is -1.94. The van der Waals surface area contributed by atoms with E-state index >= 15 is 0 Å². The number of hydrogen-bond donors (Lipinski definition) is 1. The Morgan fingerprint density at radius 2 is 2.05 bits per heavy atom. The quantitative estimate of drug-likeness (QED) is 0.875. The summed E-state index contributed by atoms with van der Waals surface area (Å²) in [6.07, 6.45) is 0.914. The first-order valence-electron chi connectivity index (χ1n) is 6.55. The molecule has 0 fully saturated rings. The molecule has 1 aliphatic rings. The van der Waals surface area contributed by atoms with Crippen molar-refractivity contribution in [1.29, 1.82) is 0 Å². The molecular weight excluding hydrogens is 270 g/mol. The van der Waals surface area contributed by atoms with Crippen LogP contribution in [-0.2, 0) is 11.2 Å². The molecule has 0 atom stereocenters. The fourth-order valence-corrected chi connectivity index (χ4v) is 2.85. The van der Waals surface area contributed by atoms with Gasteiger partial charge in [0.25, 0.3) is 0 Å². The molecular formula is C16H15NO2S. The Bertz CT molecular complexity index is 613. The van der Waals surface area contributed by atoms with Gasteiger partial charge in [-0.2, -0.15) is 0 Å². The van der Waals surface area contributed by atoms with E-state index in [1.54, 1.807) is 0 Å². The number of carbonyl (C=O) groups is 1. The maximum atomic E-state index is 11.9. The zero-order valence-corrected chi connectivity index (χ0v) is 11.8. The lowest BCUT2D eigenvalue weighted by atomic mass is 10.1. The summed E-state index contributed by atoms with van der Waals surface area (Å²) in [5.41, 5.74) is 2.01. The van der Waals surface area contributed by atoms with Gasteiger partial charge in [0.05, 0.1) is 12.4 Å². The average molecular weight is 285 g/mol. The van der Waals surface area contributed by atoms with Crippen LogP contribution in [0.15, 0.2) is 53.4 Å². The largest absolute Gasteiger partial charge is 0.493 e. The molecule has 0 radical (unpaired) electrons. The maximum absolute atomic E-state index is 11.9. The van der Waals surface area contributed by atoms with Crippen molar-refractivity contribution in [2.75, 3.05) is 17.7 Å². The highest BCUT2D eigenvalue weighted by Gasteiger charge is 2.12. The topological polar surface area (TPSA) is 38.3 Å². The minimum Gasteiger partial charge on any atom is -0.493 e. The second-order valence-corrected chi connectivity index (χ2v) is 5.62. The van der Waals surface area contributed by atoms with Gasteiger partial charge in [0.1, 0.15) is 5.75 Å². The molecule has 0 saturated carbocycles. The highest BCUT2D eigenvalue weighted by molar-refractivity contribution is 8.00. The van der Waals surface area contributed by atoms with Crippen molar-refractivity contribution in [1.82, 2.24) is 0 Å². The van der Waals surface area contributed by atoms with Gasteiger partial charge in [0, 0.05) is 17.0 Å². The van der Waals surface area contributed by atoms with Crippen LogP contribution in [0, 0.1) is 0 Å². The van der Waals surface area contributed by atoms with E-state index in [1.165, 1.54) is 17.3 Å². The summed E-state index contributed by atoms with van der Waals surface area (Å²) in [6.45, 7) is 0.733. The lowest BCUT2D eigenvalue weighted by Crippen LogP contribution is -2.14. The molecule has 1 aliphatic heterocycles. The van der Waals surface area contributed by atoms with Crippen LogP contribution in [0.4, 0.5) is 5.69 Å². The third-order valence-electron chi connectivity index (χ3n) is 3.09. The molecule has 3 nitrogen and oxygen atoms in total. The van der Waals surface area contributed by atoms with Crippen molar-refractivity contribution in [3.05, 3.63) is 54.1 Å². The van der Waals surface area contributed by atoms with E-state index in [-0.39, 0.29) is 5.91 Å². The number of anilines is 1. The molecule has 1 amide bonds. The van der Waals surface area contributed by atoms with Crippen LogP contribution in [0.3, 0.4) is 0 Å². The molecule has 1 heterocycles. The van der Waals surface area contributed by atoms with Crippen LogP contribution >= 0.6 is 11.8 Å². The fourth-order valence-electron chi connectivity index (χ4n) is 2.13. The number of rotatable bonds is 4. The smallest absolute Gasteiger partial charge is 0.234 e. The summed E-state index contributed by atoms with van der Waals surface area (Å²) in [5, 5.41) is 2.93. The summed E-state index contributed by atoms with van der Waals surface area (Å²) in [5.74, 6) is 1.36. The summed E-state index contributed by atoms with van der Waals surface area (Å²) < 4.78 is 5.45. The highest BCUT2D eigenvalue weighted by atomic mass is 32.2. The molecule has 2 aromatic rings. The van der Waals surface area contributed by atoms with Crippen molar-refractivity contribution < 1.29 is 9.53 Å².